The molecule has 1 fully saturated rings. The average Bonchev–Trinajstić information content (AvgIpc) is 2.61. The topological polar surface area (TPSA) is 42.9 Å². The van der Waals surface area contributed by atoms with Gasteiger partial charge in [-0.2, -0.15) is 0 Å². The van der Waals surface area contributed by atoms with E-state index in [9.17, 15) is 0 Å². The molecular weight excluding hydrogens is 298 g/mol. The third-order valence-corrected chi connectivity index (χ3v) is 4.56. The minimum Gasteiger partial charge on any atom is -0.356 e. The molecule has 1 aliphatic rings. The van der Waals surface area contributed by atoms with Crippen LogP contribution in [0.3, 0.4) is 0 Å². The van der Waals surface area contributed by atoms with Gasteiger partial charge in [0.25, 0.3) is 0 Å². The first kappa shape index (κ1) is 18.7. The number of hydrogen-bond donors (Lipinski definition) is 2. The van der Waals surface area contributed by atoms with Crippen molar-refractivity contribution in [1.82, 2.24) is 20.4 Å². The van der Waals surface area contributed by atoms with Crippen LogP contribution in [0.4, 0.5) is 0 Å². The van der Waals surface area contributed by atoms with Crippen molar-refractivity contribution in [2.45, 2.75) is 13.3 Å². The van der Waals surface area contributed by atoms with Crippen LogP contribution in [0.1, 0.15) is 12.5 Å². The third-order valence-electron chi connectivity index (χ3n) is 4.56. The summed E-state index contributed by atoms with van der Waals surface area (Å²) < 4.78 is 0. The molecule has 2 rings (SSSR count). The molecule has 1 aliphatic heterocycles. The predicted molar refractivity (Wildman–Crippen MR) is 103 cm³/mol. The van der Waals surface area contributed by atoms with Crippen molar-refractivity contribution < 1.29 is 0 Å². The molecule has 0 amide bonds. The van der Waals surface area contributed by atoms with Crippen LogP contribution in [0.5, 0.6) is 0 Å². The number of rotatable bonds is 7. The van der Waals surface area contributed by atoms with Crippen molar-refractivity contribution in [3.05, 3.63) is 35.9 Å². The van der Waals surface area contributed by atoms with Crippen molar-refractivity contribution in [3.63, 3.8) is 0 Å². The Balaban J connectivity index is 1.62. The van der Waals surface area contributed by atoms with E-state index in [0.29, 0.717) is 5.92 Å². The summed E-state index contributed by atoms with van der Waals surface area (Å²) in [6, 6.07) is 10.6. The van der Waals surface area contributed by atoms with Crippen LogP contribution in [0.2, 0.25) is 0 Å². The first-order valence-electron chi connectivity index (χ1n) is 9.06. The minimum atomic E-state index is 0.612. The van der Waals surface area contributed by atoms with E-state index in [-0.39, 0.29) is 0 Å². The molecule has 0 bridgehead atoms. The van der Waals surface area contributed by atoms with Gasteiger partial charge in [-0.05, 0) is 24.9 Å². The Hall–Kier alpha value is -1.59. The molecule has 1 atom stereocenters. The van der Waals surface area contributed by atoms with Crippen molar-refractivity contribution >= 4 is 5.96 Å². The smallest absolute Gasteiger partial charge is 0.190 e. The van der Waals surface area contributed by atoms with Crippen molar-refractivity contribution in [3.8, 4) is 0 Å². The average molecular weight is 332 g/mol. The first-order chi connectivity index (χ1) is 11.7. The van der Waals surface area contributed by atoms with E-state index in [0.717, 1.165) is 32.0 Å². The lowest BCUT2D eigenvalue weighted by molar-refractivity contribution is 0.139. The Labute approximate surface area is 147 Å². The number of likely N-dealkylation sites (N-methyl/N-ethyl adjacent to an activating group) is 1. The van der Waals surface area contributed by atoms with Gasteiger partial charge in [0, 0.05) is 52.9 Å². The fraction of sp³-hybridized carbons (Fsp3) is 0.632. The Morgan fingerprint density at radius 3 is 2.50 bits per heavy atom. The summed E-state index contributed by atoms with van der Waals surface area (Å²) in [5.41, 5.74) is 1.35. The molecule has 0 aliphatic carbocycles. The van der Waals surface area contributed by atoms with Crippen LogP contribution >= 0.6 is 0 Å². The fourth-order valence-electron chi connectivity index (χ4n) is 3.00. The zero-order chi connectivity index (χ0) is 17.2. The number of nitrogens with one attached hydrogen (secondary N) is 2. The summed E-state index contributed by atoms with van der Waals surface area (Å²) in [6.07, 6.45) is 1.01. The maximum absolute atomic E-state index is 4.32. The molecule has 24 heavy (non-hydrogen) atoms. The highest BCUT2D eigenvalue weighted by Crippen LogP contribution is 2.04. The van der Waals surface area contributed by atoms with Crippen molar-refractivity contribution in [1.29, 1.82) is 0 Å². The molecule has 1 unspecified atom stereocenters. The van der Waals surface area contributed by atoms with Gasteiger partial charge in [0.15, 0.2) is 5.96 Å². The normalized spacial score (nSPS) is 18.4. The van der Waals surface area contributed by atoms with Crippen LogP contribution in [-0.2, 0) is 6.42 Å². The quantitative estimate of drug-likeness (QED) is 0.583. The maximum Gasteiger partial charge on any atom is 0.190 e. The molecule has 1 saturated heterocycles. The number of nitrogens with zero attached hydrogens (tertiary/aromatic N) is 3. The minimum absolute atomic E-state index is 0.612. The second-order valence-electron chi connectivity index (χ2n) is 6.82. The van der Waals surface area contributed by atoms with Gasteiger partial charge >= 0.3 is 0 Å². The fourth-order valence-corrected chi connectivity index (χ4v) is 3.00. The summed E-state index contributed by atoms with van der Waals surface area (Å²) >= 11 is 0. The zero-order valence-corrected chi connectivity index (χ0v) is 15.5. The molecule has 0 radical (unpaired) electrons. The van der Waals surface area contributed by atoms with Crippen LogP contribution in [-0.4, -0.2) is 75.7 Å². The zero-order valence-electron chi connectivity index (χ0n) is 15.5. The standard InChI is InChI=1S/C19H33N5/c1-17(16-24-13-11-23(3)12-14-24)15-22-19(20-2)21-10-9-18-7-5-4-6-8-18/h4-8,17H,9-16H2,1-3H3,(H2,20,21,22). The van der Waals surface area contributed by atoms with E-state index in [1.807, 2.05) is 7.05 Å². The Bertz CT molecular complexity index is 480. The van der Waals surface area contributed by atoms with Gasteiger partial charge in [0.1, 0.15) is 0 Å². The summed E-state index contributed by atoms with van der Waals surface area (Å²) in [6.45, 7) is 10.1. The van der Waals surface area contributed by atoms with Gasteiger partial charge in [0.2, 0.25) is 0 Å². The number of guanidine groups is 1. The Kier molecular flexibility index (Phi) is 8.05. The van der Waals surface area contributed by atoms with E-state index < -0.39 is 0 Å². The SMILES string of the molecule is CN=C(NCCc1ccccc1)NCC(C)CN1CCN(C)CC1. The maximum atomic E-state index is 4.32. The summed E-state index contributed by atoms with van der Waals surface area (Å²) in [5.74, 6) is 1.51. The molecule has 2 N–H and O–H groups in total. The van der Waals surface area contributed by atoms with Crippen molar-refractivity contribution in [2.24, 2.45) is 10.9 Å². The number of hydrogen-bond acceptors (Lipinski definition) is 3. The largest absolute Gasteiger partial charge is 0.356 e. The molecule has 0 spiro atoms. The van der Waals surface area contributed by atoms with Crippen LogP contribution in [0.15, 0.2) is 35.3 Å². The number of piperazine rings is 1. The summed E-state index contributed by atoms with van der Waals surface area (Å²) in [4.78, 5) is 9.29. The molecular formula is C19H33N5. The van der Waals surface area contributed by atoms with Gasteiger partial charge in [-0.25, -0.2) is 0 Å². The van der Waals surface area contributed by atoms with Crippen LogP contribution in [0.25, 0.3) is 0 Å². The molecule has 0 aromatic heterocycles. The highest BCUT2D eigenvalue weighted by Gasteiger charge is 2.16. The lowest BCUT2D eigenvalue weighted by Crippen LogP contribution is -2.47. The second kappa shape index (κ2) is 10.3. The molecule has 5 nitrogen and oxygen atoms in total. The number of aliphatic imine (C=N–C) groups is 1. The van der Waals surface area contributed by atoms with E-state index in [4.69, 9.17) is 0 Å². The highest BCUT2D eigenvalue weighted by atomic mass is 15.2. The van der Waals surface area contributed by atoms with E-state index >= 15 is 0 Å². The van der Waals surface area contributed by atoms with Gasteiger partial charge in [-0.1, -0.05) is 37.3 Å². The predicted octanol–water partition coefficient (Wildman–Crippen LogP) is 1.28. The summed E-state index contributed by atoms with van der Waals surface area (Å²) in [7, 11) is 4.04. The van der Waals surface area contributed by atoms with Gasteiger partial charge < -0.3 is 20.4 Å². The lowest BCUT2D eigenvalue weighted by atomic mass is 10.1. The molecule has 1 aromatic rings. The van der Waals surface area contributed by atoms with Crippen molar-refractivity contribution in [2.75, 3.05) is 59.9 Å². The summed E-state index contributed by atoms with van der Waals surface area (Å²) in [5, 5.41) is 6.86. The van der Waals surface area contributed by atoms with Crippen LogP contribution in [0, 0.1) is 5.92 Å². The van der Waals surface area contributed by atoms with Gasteiger partial charge in [0.05, 0.1) is 0 Å². The lowest BCUT2D eigenvalue weighted by Gasteiger charge is -2.34. The van der Waals surface area contributed by atoms with Gasteiger partial charge in [-0.3, -0.25) is 4.99 Å². The third kappa shape index (κ3) is 6.89. The Morgan fingerprint density at radius 2 is 1.83 bits per heavy atom. The molecule has 1 aromatic carbocycles. The van der Waals surface area contributed by atoms with Gasteiger partial charge in [-0.15, -0.1) is 0 Å². The molecule has 0 saturated carbocycles. The van der Waals surface area contributed by atoms with E-state index in [1.54, 1.807) is 0 Å². The molecule has 1 heterocycles. The second-order valence-corrected chi connectivity index (χ2v) is 6.82. The van der Waals surface area contributed by atoms with E-state index in [2.05, 4.69) is 69.7 Å². The van der Waals surface area contributed by atoms with E-state index in [1.165, 1.54) is 31.7 Å². The monoisotopic (exact) mass is 331 g/mol. The highest BCUT2D eigenvalue weighted by molar-refractivity contribution is 5.79. The van der Waals surface area contributed by atoms with Crippen LogP contribution < -0.4 is 10.6 Å². The molecule has 134 valence electrons. The first-order valence-corrected chi connectivity index (χ1v) is 9.06. The number of benzene rings is 1. The molecule has 5 heteroatoms. The Morgan fingerprint density at radius 1 is 1.12 bits per heavy atom.